The van der Waals surface area contributed by atoms with Crippen molar-refractivity contribution in [3.05, 3.63) is 51.3 Å². The normalized spacial score (nSPS) is 16.2. The minimum absolute atomic E-state index is 0.0599. The van der Waals surface area contributed by atoms with Crippen LogP contribution in [0.2, 0.25) is 9.36 Å². The molecule has 0 spiro atoms. The van der Waals surface area contributed by atoms with E-state index in [1.54, 1.807) is 6.07 Å². The lowest BCUT2D eigenvalue weighted by Gasteiger charge is -2.33. The summed E-state index contributed by atoms with van der Waals surface area (Å²) in [5.41, 5.74) is 1.11. The van der Waals surface area contributed by atoms with Gasteiger partial charge in [-0.3, -0.25) is 9.69 Å². The number of carbonyl (C=O) groups excluding carboxylic acids is 1. The van der Waals surface area contributed by atoms with Crippen molar-refractivity contribution in [3.63, 3.8) is 0 Å². The van der Waals surface area contributed by atoms with Crippen molar-refractivity contribution < 1.29 is 13.2 Å². The van der Waals surface area contributed by atoms with Crippen LogP contribution in [0.15, 0.2) is 40.6 Å². The van der Waals surface area contributed by atoms with Gasteiger partial charge in [-0.05, 0) is 36.2 Å². The van der Waals surface area contributed by atoms with E-state index in [2.05, 4.69) is 5.32 Å². The van der Waals surface area contributed by atoms with Crippen LogP contribution in [0.1, 0.15) is 5.56 Å². The summed E-state index contributed by atoms with van der Waals surface area (Å²) >= 11 is 12.8. The van der Waals surface area contributed by atoms with Gasteiger partial charge in [-0.2, -0.15) is 4.31 Å². The van der Waals surface area contributed by atoms with E-state index in [4.69, 9.17) is 23.2 Å². The second-order valence-corrected chi connectivity index (χ2v) is 10.8. The molecule has 152 valence electrons. The van der Waals surface area contributed by atoms with Crippen LogP contribution in [-0.2, 0) is 21.2 Å². The van der Waals surface area contributed by atoms with Gasteiger partial charge in [-0.15, -0.1) is 11.3 Å². The first-order valence-corrected chi connectivity index (χ1v) is 11.8. The lowest BCUT2D eigenvalue weighted by atomic mass is 10.1. The summed E-state index contributed by atoms with van der Waals surface area (Å²) in [6.45, 7) is 2.56. The minimum Gasteiger partial charge on any atom is -0.355 e. The van der Waals surface area contributed by atoms with E-state index in [1.165, 1.54) is 10.4 Å². The van der Waals surface area contributed by atoms with Crippen molar-refractivity contribution in [2.45, 2.75) is 10.6 Å². The molecular formula is C18H21Cl2N3O3S2. The molecule has 0 aliphatic carbocycles. The number of benzene rings is 1. The summed E-state index contributed by atoms with van der Waals surface area (Å²) in [5.74, 6) is -0.0599. The van der Waals surface area contributed by atoms with E-state index >= 15 is 0 Å². The smallest absolute Gasteiger partial charge is 0.252 e. The molecule has 2 heterocycles. The number of piperazine rings is 1. The van der Waals surface area contributed by atoms with Crippen molar-refractivity contribution in [2.75, 3.05) is 39.3 Å². The number of nitrogens with zero attached hydrogens (tertiary/aromatic N) is 2. The zero-order valence-electron chi connectivity index (χ0n) is 15.1. The van der Waals surface area contributed by atoms with Crippen LogP contribution in [0.4, 0.5) is 0 Å². The monoisotopic (exact) mass is 461 g/mol. The zero-order chi connectivity index (χ0) is 20.1. The van der Waals surface area contributed by atoms with Crippen LogP contribution in [0.25, 0.3) is 0 Å². The zero-order valence-corrected chi connectivity index (χ0v) is 18.3. The Morgan fingerprint density at radius 1 is 1.04 bits per heavy atom. The lowest BCUT2D eigenvalue weighted by Crippen LogP contribution is -2.51. The number of hydrogen-bond acceptors (Lipinski definition) is 5. The van der Waals surface area contributed by atoms with Crippen molar-refractivity contribution in [2.24, 2.45) is 0 Å². The molecule has 3 rings (SSSR count). The van der Waals surface area contributed by atoms with E-state index in [1.807, 2.05) is 29.2 Å². The van der Waals surface area contributed by atoms with Crippen molar-refractivity contribution in [1.82, 2.24) is 14.5 Å². The molecule has 1 aliphatic rings. The third kappa shape index (κ3) is 5.68. The first-order chi connectivity index (χ1) is 13.3. The van der Waals surface area contributed by atoms with Gasteiger partial charge >= 0.3 is 0 Å². The van der Waals surface area contributed by atoms with Gasteiger partial charge in [0, 0.05) is 37.7 Å². The highest BCUT2D eigenvalue weighted by Gasteiger charge is 2.30. The van der Waals surface area contributed by atoms with E-state index < -0.39 is 10.0 Å². The van der Waals surface area contributed by atoms with Crippen LogP contribution in [0, 0.1) is 0 Å². The third-order valence-electron chi connectivity index (χ3n) is 4.49. The topological polar surface area (TPSA) is 69.7 Å². The molecular weight excluding hydrogens is 441 g/mol. The van der Waals surface area contributed by atoms with Crippen LogP contribution in [0.3, 0.4) is 0 Å². The van der Waals surface area contributed by atoms with Gasteiger partial charge in [-0.1, -0.05) is 35.3 Å². The highest BCUT2D eigenvalue weighted by Crippen LogP contribution is 2.28. The third-order valence-corrected chi connectivity index (χ3v) is 8.34. The summed E-state index contributed by atoms with van der Waals surface area (Å²) < 4.78 is 27.4. The van der Waals surface area contributed by atoms with Gasteiger partial charge in [-0.25, -0.2) is 8.42 Å². The maximum absolute atomic E-state index is 12.6. The first kappa shape index (κ1) is 21.5. The number of sulfonamides is 1. The maximum atomic E-state index is 12.6. The van der Waals surface area contributed by atoms with Gasteiger partial charge < -0.3 is 5.32 Å². The van der Waals surface area contributed by atoms with Gasteiger partial charge in [0.15, 0.2) is 0 Å². The predicted molar refractivity (Wildman–Crippen MR) is 113 cm³/mol. The van der Waals surface area contributed by atoms with Gasteiger partial charge in [0.25, 0.3) is 10.0 Å². The van der Waals surface area contributed by atoms with E-state index in [0.717, 1.165) is 23.3 Å². The molecule has 1 aliphatic heterocycles. The SMILES string of the molecule is O=C(CN1CCN(S(=O)(=O)c2ccc(Cl)s2)CC1)NCCc1ccc(Cl)cc1. The molecule has 0 unspecified atom stereocenters. The Morgan fingerprint density at radius 2 is 1.71 bits per heavy atom. The van der Waals surface area contributed by atoms with Crippen LogP contribution in [0.5, 0.6) is 0 Å². The minimum atomic E-state index is -3.51. The molecule has 1 aromatic heterocycles. The number of rotatable bonds is 7. The Labute approximate surface area is 179 Å². The van der Waals surface area contributed by atoms with Crippen molar-refractivity contribution in [3.8, 4) is 0 Å². The highest BCUT2D eigenvalue weighted by molar-refractivity contribution is 7.91. The van der Waals surface area contributed by atoms with Crippen LogP contribution < -0.4 is 5.32 Å². The number of carbonyl (C=O) groups is 1. The molecule has 0 saturated carbocycles. The second-order valence-electron chi connectivity index (χ2n) is 6.47. The maximum Gasteiger partial charge on any atom is 0.252 e. The van der Waals surface area contributed by atoms with E-state index in [-0.39, 0.29) is 16.7 Å². The van der Waals surface area contributed by atoms with Crippen molar-refractivity contribution >= 4 is 50.5 Å². The summed E-state index contributed by atoms with van der Waals surface area (Å²) in [7, 11) is -3.51. The van der Waals surface area contributed by atoms with E-state index in [0.29, 0.717) is 42.1 Å². The summed E-state index contributed by atoms with van der Waals surface area (Å²) in [6, 6.07) is 10.7. The Kier molecular flexibility index (Phi) is 7.36. The first-order valence-electron chi connectivity index (χ1n) is 8.83. The molecule has 0 bridgehead atoms. The molecule has 1 saturated heterocycles. The lowest BCUT2D eigenvalue weighted by molar-refractivity contribution is -0.122. The van der Waals surface area contributed by atoms with Gasteiger partial charge in [0.1, 0.15) is 4.21 Å². The fourth-order valence-corrected chi connectivity index (χ4v) is 6.13. The molecule has 1 aromatic carbocycles. The summed E-state index contributed by atoms with van der Waals surface area (Å²) in [6.07, 6.45) is 0.734. The van der Waals surface area contributed by atoms with Crippen molar-refractivity contribution in [1.29, 1.82) is 0 Å². The number of amides is 1. The Balaban J connectivity index is 1.41. The number of thiophene rings is 1. The van der Waals surface area contributed by atoms with Gasteiger partial charge in [0.2, 0.25) is 5.91 Å². The fourth-order valence-electron chi connectivity index (χ4n) is 2.95. The highest BCUT2D eigenvalue weighted by atomic mass is 35.5. The molecule has 2 aromatic rings. The van der Waals surface area contributed by atoms with Crippen LogP contribution in [-0.4, -0.2) is 62.8 Å². The number of hydrogen-bond donors (Lipinski definition) is 1. The predicted octanol–water partition coefficient (Wildman–Crippen LogP) is 2.72. The van der Waals surface area contributed by atoms with E-state index in [9.17, 15) is 13.2 Å². The molecule has 0 radical (unpaired) electrons. The number of halogens is 2. The Morgan fingerprint density at radius 3 is 2.32 bits per heavy atom. The summed E-state index contributed by atoms with van der Waals surface area (Å²) in [5, 5.41) is 3.60. The Bertz CT molecular complexity index is 908. The average Bonchev–Trinajstić information content (AvgIpc) is 3.11. The molecule has 10 heteroatoms. The molecule has 6 nitrogen and oxygen atoms in total. The molecule has 1 amide bonds. The molecule has 28 heavy (non-hydrogen) atoms. The fraction of sp³-hybridized carbons (Fsp3) is 0.389. The molecule has 1 N–H and O–H groups in total. The summed E-state index contributed by atoms with van der Waals surface area (Å²) in [4.78, 5) is 14.1. The quantitative estimate of drug-likeness (QED) is 0.687. The second kappa shape index (κ2) is 9.56. The largest absolute Gasteiger partial charge is 0.355 e. The molecule has 0 atom stereocenters. The average molecular weight is 462 g/mol. The molecule has 1 fully saturated rings. The number of nitrogens with one attached hydrogen (secondary N) is 1. The van der Waals surface area contributed by atoms with Gasteiger partial charge in [0.05, 0.1) is 10.9 Å². The standard InChI is InChI=1S/C18H21Cl2N3O3S2/c19-15-3-1-14(2-4-15)7-8-21-17(24)13-22-9-11-23(12-10-22)28(25,26)18-6-5-16(20)27-18/h1-6H,7-13H2,(H,21,24). The van der Waals surface area contributed by atoms with Crippen LogP contribution >= 0.6 is 34.5 Å². The Hall–Kier alpha value is -1.16.